The Morgan fingerprint density at radius 2 is 1.06 bits per heavy atom. The molecule has 7 nitrogen and oxygen atoms in total. The summed E-state index contributed by atoms with van der Waals surface area (Å²) in [5, 5.41) is 5.44. The maximum absolute atomic E-state index is 15.2. The van der Waals surface area contributed by atoms with Gasteiger partial charge in [0.25, 0.3) is 5.56 Å². The number of para-hydroxylation sites is 7. The van der Waals surface area contributed by atoms with Crippen molar-refractivity contribution in [2.45, 2.75) is 0 Å². The number of furan rings is 2. The summed E-state index contributed by atoms with van der Waals surface area (Å²) in [5.74, 6) is 0.491. The lowest BCUT2D eigenvalue weighted by Crippen LogP contribution is -2.19. The van der Waals surface area contributed by atoms with Crippen molar-refractivity contribution in [1.29, 1.82) is 0 Å². The largest absolute Gasteiger partial charge is 0.455 e. The molecular formula is C45H24N4O3. The van der Waals surface area contributed by atoms with Crippen LogP contribution in [-0.4, -0.2) is 18.8 Å². The maximum Gasteiger partial charge on any atom is 0.267 e. The van der Waals surface area contributed by atoms with Crippen LogP contribution >= 0.6 is 0 Å². The molecule has 0 amide bonds. The smallest absolute Gasteiger partial charge is 0.267 e. The molecule has 0 atom stereocenters. The predicted octanol–water partition coefficient (Wildman–Crippen LogP) is 10.9. The van der Waals surface area contributed by atoms with E-state index in [-0.39, 0.29) is 5.56 Å². The summed E-state index contributed by atoms with van der Waals surface area (Å²) in [6.45, 7) is 0. The van der Waals surface area contributed by atoms with Gasteiger partial charge in [-0.25, -0.2) is 14.4 Å². The second kappa shape index (κ2) is 9.93. The van der Waals surface area contributed by atoms with Gasteiger partial charge in [0.15, 0.2) is 0 Å². The predicted molar refractivity (Wildman–Crippen MR) is 208 cm³/mol. The minimum Gasteiger partial charge on any atom is -0.455 e. The highest BCUT2D eigenvalue weighted by atomic mass is 16.3. The zero-order valence-corrected chi connectivity index (χ0v) is 27.4. The second-order valence-corrected chi connectivity index (χ2v) is 13.3. The van der Waals surface area contributed by atoms with Crippen LogP contribution in [-0.2, 0) is 0 Å². The van der Waals surface area contributed by atoms with Crippen molar-refractivity contribution in [3.63, 3.8) is 0 Å². The van der Waals surface area contributed by atoms with Crippen LogP contribution in [0.1, 0.15) is 0 Å². The molecule has 0 aliphatic carbocycles. The van der Waals surface area contributed by atoms with E-state index in [9.17, 15) is 0 Å². The average Bonchev–Trinajstić information content (AvgIpc) is 3.89. The number of hydrogen-bond acceptors (Lipinski definition) is 5. The van der Waals surface area contributed by atoms with Gasteiger partial charge in [-0.15, -0.1) is 0 Å². The summed E-state index contributed by atoms with van der Waals surface area (Å²) in [7, 11) is 0. The highest BCUT2D eigenvalue weighted by molar-refractivity contribution is 6.14. The number of fused-ring (bicyclic) bond motifs is 15. The molecule has 0 aliphatic rings. The van der Waals surface area contributed by atoms with E-state index in [4.69, 9.17) is 18.8 Å². The first kappa shape index (κ1) is 27.6. The van der Waals surface area contributed by atoms with Crippen molar-refractivity contribution in [3.05, 3.63) is 156 Å². The molecule has 12 rings (SSSR count). The molecule has 0 radical (unpaired) electrons. The van der Waals surface area contributed by atoms with Gasteiger partial charge in [-0.1, -0.05) is 97.1 Å². The second-order valence-electron chi connectivity index (χ2n) is 13.3. The van der Waals surface area contributed by atoms with E-state index in [1.165, 1.54) is 0 Å². The number of benzene rings is 7. The minimum atomic E-state index is -0.174. The van der Waals surface area contributed by atoms with Crippen LogP contribution in [0.3, 0.4) is 0 Å². The molecule has 7 heteroatoms. The molecule has 0 unspecified atom stereocenters. The van der Waals surface area contributed by atoms with E-state index in [2.05, 4.69) is 42.5 Å². The quantitative estimate of drug-likeness (QED) is 0.135. The van der Waals surface area contributed by atoms with Gasteiger partial charge in [-0.3, -0.25) is 9.20 Å². The molecular weight excluding hydrogens is 645 g/mol. The third kappa shape index (κ3) is 3.56. The highest BCUT2D eigenvalue weighted by Crippen LogP contribution is 2.42. The van der Waals surface area contributed by atoms with E-state index < -0.39 is 0 Å². The number of imidazole rings is 1. The van der Waals surface area contributed by atoms with Crippen LogP contribution in [0.5, 0.6) is 0 Å². The van der Waals surface area contributed by atoms with Crippen molar-refractivity contribution < 1.29 is 8.83 Å². The van der Waals surface area contributed by atoms with Crippen molar-refractivity contribution >= 4 is 88.1 Å². The Labute approximate surface area is 293 Å². The SMILES string of the molecule is O=c1c2cc(-c3cccc4c3oc3ccccc34)cc(-c3cccc4c3oc3ccccc34)c2nc2n1c1ccccc1c1nc3ccccc3n12. The van der Waals surface area contributed by atoms with Gasteiger partial charge >= 0.3 is 0 Å². The fraction of sp³-hybridized carbons (Fsp3) is 0. The van der Waals surface area contributed by atoms with Crippen molar-refractivity contribution in [2.75, 3.05) is 0 Å². The molecule has 0 spiro atoms. The van der Waals surface area contributed by atoms with E-state index in [1.54, 1.807) is 4.40 Å². The molecule has 0 bridgehead atoms. The van der Waals surface area contributed by atoms with Crippen molar-refractivity contribution in [2.24, 2.45) is 0 Å². The molecule has 7 aromatic carbocycles. The van der Waals surface area contributed by atoms with E-state index in [0.717, 1.165) is 93.7 Å². The van der Waals surface area contributed by atoms with Crippen LogP contribution in [0.25, 0.3) is 110 Å². The summed E-state index contributed by atoms with van der Waals surface area (Å²) in [4.78, 5) is 25.7. The molecule has 5 heterocycles. The van der Waals surface area contributed by atoms with E-state index in [1.807, 2.05) is 108 Å². The van der Waals surface area contributed by atoms with Gasteiger partial charge in [-0.2, -0.15) is 0 Å². The normalized spacial score (nSPS) is 12.3. The van der Waals surface area contributed by atoms with Crippen LogP contribution in [0.15, 0.2) is 159 Å². The molecule has 0 saturated heterocycles. The molecule has 0 aliphatic heterocycles. The van der Waals surface area contributed by atoms with Crippen LogP contribution < -0.4 is 5.56 Å². The monoisotopic (exact) mass is 668 g/mol. The lowest BCUT2D eigenvalue weighted by molar-refractivity contribution is 0.670. The fourth-order valence-corrected chi connectivity index (χ4v) is 8.21. The Hall–Kier alpha value is -7.25. The Morgan fingerprint density at radius 3 is 1.81 bits per heavy atom. The topological polar surface area (TPSA) is 78.0 Å². The standard InChI is InChI=1S/C45H24N4O3/c50-44-34-24-25(26-14-9-15-29-27-11-2-7-21-38(27)51-41(26)29)23-33(31-17-10-16-30-28-12-3-8-22-39(28)52-42(30)31)40(34)47-45-48-37-20-6-4-18-35(37)46-43(48)32-13-1-5-19-36(32)49(44)45/h1-24H. The zero-order chi connectivity index (χ0) is 34.1. The van der Waals surface area contributed by atoms with Crippen molar-refractivity contribution in [1.82, 2.24) is 18.8 Å². The number of aromatic nitrogens is 4. The van der Waals surface area contributed by atoms with E-state index >= 15 is 4.79 Å². The van der Waals surface area contributed by atoms with E-state index in [0.29, 0.717) is 16.7 Å². The number of rotatable bonds is 2. The van der Waals surface area contributed by atoms with Gasteiger partial charge < -0.3 is 8.83 Å². The summed E-state index contributed by atoms with van der Waals surface area (Å²) in [6, 6.07) is 48.5. The Balaban J connectivity index is 1.29. The Kier molecular flexibility index (Phi) is 5.26. The highest BCUT2D eigenvalue weighted by Gasteiger charge is 2.23. The molecule has 5 aromatic heterocycles. The summed E-state index contributed by atoms with van der Waals surface area (Å²) >= 11 is 0. The molecule has 242 valence electrons. The van der Waals surface area contributed by atoms with Gasteiger partial charge in [0, 0.05) is 43.6 Å². The lowest BCUT2D eigenvalue weighted by atomic mass is 9.94. The van der Waals surface area contributed by atoms with Gasteiger partial charge in [0.1, 0.15) is 28.0 Å². The lowest BCUT2D eigenvalue weighted by Gasteiger charge is -2.15. The van der Waals surface area contributed by atoms with Crippen molar-refractivity contribution in [3.8, 4) is 22.3 Å². The molecule has 12 aromatic rings. The summed E-state index contributed by atoms with van der Waals surface area (Å²) in [5.41, 5.74) is 10.1. The molecule has 0 saturated carbocycles. The Morgan fingerprint density at radius 1 is 0.462 bits per heavy atom. The third-order valence-electron chi connectivity index (χ3n) is 10.5. The maximum atomic E-state index is 15.2. The number of hydrogen-bond donors (Lipinski definition) is 0. The van der Waals surface area contributed by atoms with Crippen LogP contribution in [0.2, 0.25) is 0 Å². The average molecular weight is 669 g/mol. The fourth-order valence-electron chi connectivity index (χ4n) is 8.21. The zero-order valence-electron chi connectivity index (χ0n) is 27.4. The molecule has 0 N–H and O–H groups in total. The van der Waals surface area contributed by atoms with Gasteiger partial charge in [0.2, 0.25) is 5.78 Å². The Bertz CT molecular complexity index is 3570. The van der Waals surface area contributed by atoms with Crippen LogP contribution in [0, 0.1) is 0 Å². The third-order valence-corrected chi connectivity index (χ3v) is 10.5. The van der Waals surface area contributed by atoms with Crippen LogP contribution in [0.4, 0.5) is 0 Å². The van der Waals surface area contributed by atoms with Gasteiger partial charge in [-0.05, 0) is 54.1 Å². The summed E-state index contributed by atoms with van der Waals surface area (Å²) in [6.07, 6.45) is 0. The minimum absolute atomic E-state index is 0.174. The first-order chi connectivity index (χ1) is 25.7. The van der Waals surface area contributed by atoms with Gasteiger partial charge in [0.05, 0.1) is 27.5 Å². The summed E-state index contributed by atoms with van der Waals surface area (Å²) < 4.78 is 16.8. The first-order valence-electron chi connectivity index (χ1n) is 17.2. The first-order valence-corrected chi connectivity index (χ1v) is 17.2. The number of nitrogens with zero attached hydrogens (tertiary/aromatic N) is 4. The molecule has 52 heavy (non-hydrogen) atoms. The molecule has 0 fully saturated rings.